The normalized spacial score (nSPS) is 17.8. The molecule has 1 aromatic carbocycles. The Bertz CT molecular complexity index is 1230. The number of rotatable bonds is 5. The predicted octanol–water partition coefficient (Wildman–Crippen LogP) is 4.70. The van der Waals surface area contributed by atoms with Crippen molar-refractivity contribution >= 4 is 28.8 Å². The summed E-state index contributed by atoms with van der Waals surface area (Å²) in [6, 6.07) is 10.3. The molecule has 7 heteroatoms. The number of amides is 1. The third-order valence-corrected chi connectivity index (χ3v) is 6.82. The second-order valence-electron chi connectivity index (χ2n) is 7.85. The van der Waals surface area contributed by atoms with Crippen LogP contribution >= 0.6 is 11.3 Å². The maximum atomic E-state index is 13.2. The summed E-state index contributed by atoms with van der Waals surface area (Å²) in [5, 5.41) is 13.3. The Balaban J connectivity index is 1.90. The number of benzene rings is 1. The number of aryl methyl sites for hydroxylation is 3. The molecule has 2 aromatic heterocycles. The lowest BCUT2D eigenvalue weighted by atomic mass is 9.95. The van der Waals surface area contributed by atoms with E-state index >= 15 is 0 Å². The van der Waals surface area contributed by atoms with E-state index < -0.39 is 17.7 Å². The van der Waals surface area contributed by atoms with E-state index in [-0.39, 0.29) is 17.9 Å². The SMILES string of the molecule is COc1cc(C)c(/C(O)=C2\C(=O)C(=O)N(Cc3ccccn3)C2c2sccc2C)cc1C. The summed E-state index contributed by atoms with van der Waals surface area (Å²) in [6.45, 7) is 5.82. The number of hydrogen-bond acceptors (Lipinski definition) is 6. The Labute approximate surface area is 190 Å². The van der Waals surface area contributed by atoms with E-state index in [9.17, 15) is 14.7 Å². The fourth-order valence-electron chi connectivity index (χ4n) is 4.06. The fourth-order valence-corrected chi connectivity index (χ4v) is 5.10. The maximum Gasteiger partial charge on any atom is 0.296 e. The first-order valence-electron chi connectivity index (χ1n) is 10.2. The zero-order valence-electron chi connectivity index (χ0n) is 18.4. The van der Waals surface area contributed by atoms with Crippen molar-refractivity contribution in [3.63, 3.8) is 0 Å². The lowest BCUT2D eigenvalue weighted by Gasteiger charge is -2.24. The van der Waals surface area contributed by atoms with Crippen molar-refractivity contribution in [1.29, 1.82) is 0 Å². The molecule has 1 unspecified atom stereocenters. The molecule has 1 aliphatic heterocycles. The molecule has 1 N–H and O–H groups in total. The molecule has 0 radical (unpaired) electrons. The highest BCUT2D eigenvalue weighted by atomic mass is 32.1. The first-order chi connectivity index (χ1) is 15.3. The third-order valence-electron chi connectivity index (χ3n) is 5.75. The number of nitrogens with zero attached hydrogens (tertiary/aromatic N) is 2. The standard InChI is InChI=1S/C25H24N2O4S/c1-14-8-10-32-24(14)21-20(22(28)18-11-16(3)19(31-4)12-15(18)2)23(29)25(30)27(21)13-17-7-5-6-9-26-17/h5-12,21,28H,13H2,1-4H3/b22-20+. The van der Waals surface area contributed by atoms with E-state index in [2.05, 4.69) is 4.98 Å². The number of pyridine rings is 1. The van der Waals surface area contributed by atoms with Crippen molar-refractivity contribution in [3.05, 3.63) is 86.4 Å². The molecule has 1 saturated heterocycles. The van der Waals surface area contributed by atoms with Gasteiger partial charge in [0.25, 0.3) is 11.7 Å². The van der Waals surface area contributed by atoms with Gasteiger partial charge >= 0.3 is 0 Å². The van der Waals surface area contributed by atoms with Gasteiger partial charge in [0, 0.05) is 16.6 Å². The molecule has 1 atom stereocenters. The van der Waals surface area contributed by atoms with Crippen LogP contribution in [-0.4, -0.2) is 33.8 Å². The molecule has 0 spiro atoms. The summed E-state index contributed by atoms with van der Waals surface area (Å²) in [5.41, 5.74) is 3.82. The lowest BCUT2D eigenvalue weighted by Crippen LogP contribution is -2.29. The molecule has 3 heterocycles. The second kappa shape index (κ2) is 8.59. The Kier molecular flexibility index (Phi) is 5.84. The van der Waals surface area contributed by atoms with Gasteiger partial charge in [-0.25, -0.2) is 0 Å². The van der Waals surface area contributed by atoms with Crippen LogP contribution in [-0.2, 0) is 16.1 Å². The van der Waals surface area contributed by atoms with Gasteiger partial charge in [0.05, 0.1) is 24.9 Å². The number of ether oxygens (including phenoxy) is 1. The van der Waals surface area contributed by atoms with Crippen LogP contribution in [0.4, 0.5) is 0 Å². The van der Waals surface area contributed by atoms with Gasteiger partial charge in [-0.15, -0.1) is 11.3 Å². The van der Waals surface area contributed by atoms with Crippen LogP contribution in [0.5, 0.6) is 5.75 Å². The topological polar surface area (TPSA) is 79.7 Å². The number of aliphatic hydroxyl groups is 1. The predicted molar refractivity (Wildman–Crippen MR) is 124 cm³/mol. The van der Waals surface area contributed by atoms with Crippen molar-refractivity contribution in [2.75, 3.05) is 7.11 Å². The van der Waals surface area contributed by atoms with Crippen LogP contribution in [0.2, 0.25) is 0 Å². The van der Waals surface area contributed by atoms with Crippen molar-refractivity contribution in [2.45, 2.75) is 33.4 Å². The fraction of sp³-hybridized carbons (Fsp3) is 0.240. The van der Waals surface area contributed by atoms with Gasteiger partial charge in [-0.3, -0.25) is 14.6 Å². The number of hydrogen-bond donors (Lipinski definition) is 1. The molecule has 3 aromatic rings. The van der Waals surface area contributed by atoms with Crippen molar-refractivity contribution in [3.8, 4) is 5.75 Å². The molecule has 0 saturated carbocycles. The van der Waals surface area contributed by atoms with E-state index in [4.69, 9.17) is 4.74 Å². The lowest BCUT2D eigenvalue weighted by molar-refractivity contribution is -0.140. The molecule has 164 valence electrons. The zero-order chi connectivity index (χ0) is 23.0. The first-order valence-corrected chi connectivity index (χ1v) is 11.1. The molecule has 1 amide bonds. The summed E-state index contributed by atoms with van der Waals surface area (Å²) < 4.78 is 5.37. The second-order valence-corrected chi connectivity index (χ2v) is 8.80. The van der Waals surface area contributed by atoms with Crippen molar-refractivity contribution in [1.82, 2.24) is 9.88 Å². The largest absolute Gasteiger partial charge is 0.507 e. The van der Waals surface area contributed by atoms with Gasteiger partial charge in [0.2, 0.25) is 0 Å². The third kappa shape index (κ3) is 3.69. The highest BCUT2D eigenvalue weighted by Gasteiger charge is 2.47. The Morgan fingerprint density at radius 3 is 2.53 bits per heavy atom. The van der Waals surface area contributed by atoms with Gasteiger partial charge < -0.3 is 14.7 Å². The minimum Gasteiger partial charge on any atom is -0.507 e. The number of ketones is 1. The van der Waals surface area contributed by atoms with Gasteiger partial charge in [-0.1, -0.05) is 6.07 Å². The number of carbonyl (C=O) groups excluding carboxylic acids is 2. The number of likely N-dealkylation sites (tertiary alicyclic amines) is 1. The van der Waals surface area contributed by atoms with Crippen LogP contribution in [0.25, 0.3) is 5.76 Å². The van der Waals surface area contributed by atoms with E-state index in [0.29, 0.717) is 17.0 Å². The average Bonchev–Trinajstić information content (AvgIpc) is 3.31. The van der Waals surface area contributed by atoms with Gasteiger partial charge in [0.1, 0.15) is 17.6 Å². The van der Waals surface area contributed by atoms with Crippen LogP contribution in [0.15, 0.2) is 53.5 Å². The number of carbonyl (C=O) groups is 2. The van der Waals surface area contributed by atoms with Gasteiger partial charge in [-0.2, -0.15) is 0 Å². The van der Waals surface area contributed by atoms with Gasteiger partial charge in [-0.05, 0) is 73.2 Å². The Hall–Kier alpha value is -3.45. The van der Waals surface area contributed by atoms with Crippen molar-refractivity contribution < 1.29 is 19.4 Å². The minimum atomic E-state index is -0.691. The van der Waals surface area contributed by atoms with E-state index in [1.54, 1.807) is 25.4 Å². The number of methoxy groups -OCH3 is 1. The summed E-state index contributed by atoms with van der Waals surface area (Å²) in [7, 11) is 1.59. The van der Waals surface area contributed by atoms with Crippen LogP contribution in [0.1, 0.15) is 38.9 Å². The highest BCUT2D eigenvalue weighted by Crippen LogP contribution is 2.43. The Morgan fingerprint density at radius 1 is 1.12 bits per heavy atom. The average molecular weight is 449 g/mol. The maximum absolute atomic E-state index is 13.2. The van der Waals surface area contributed by atoms with Crippen LogP contribution in [0, 0.1) is 20.8 Å². The zero-order valence-corrected chi connectivity index (χ0v) is 19.2. The van der Waals surface area contributed by atoms with E-state index in [1.165, 1.54) is 16.2 Å². The summed E-state index contributed by atoms with van der Waals surface area (Å²) in [6.07, 6.45) is 1.65. The molecule has 1 fully saturated rings. The minimum absolute atomic E-state index is 0.101. The van der Waals surface area contributed by atoms with E-state index in [1.807, 2.05) is 50.4 Å². The number of Topliss-reactive ketones (excluding diaryl/α,β-unsaturated/α-hetero) is 1. The summed E-state index contributed by atoms with van der Waals surface area (Å²) in [5.74, 6) is -0.810. The van der Waals surface area contributed by atoms with Crippen LogP contribution in [0.3, 0.4) is 0 Å². The molecule has 6 nitrogen and oxygen atoms in total. The number of aromatic nitrogens is 1. The van der Waals surface area contributed by atoms with Gasteiger partial charge in [0.15, 0.2) is 0 Å². The van der Waals surface area contributed by atoms with Crippen LogP contribution < -0.4 is 4.74 Å². The molecule has 0 bridgehead atoms. The monoisotopic (exact) mass is 448 g/mol. The smallest absolute Gasteiger partial charge is 0.296 e. The van der Waals surface area contributed by atoms with E-state index in [0.717, 1.165) is 21.6 Å². The van der Waals surface area contributed by atoms with Crippen molar-refractivity contribution in [2.24, 2.45) is 0 Å². The first kappa shape index (κ1) is 21.8. The number of aliphatic hydroxyl groups excluding tert-OH is 1. The molecular weight excluding hydrogens is 424 g/mol. The summed E-state index contributed by atoms with van der Waals surface area (Å²) >= 11 is 1.46. The highest BCUT2D eigenvalue weighted by molar-refractivity contribution is 7.10. The summed E-state index contributed by atoms with van der Waals surface area (Å²) in [4.78, 5) is 33.0. The number of thiophene rings is 1. The molecule has 32 heavy (non-hydrogen) atoms. The quantitative estimate of drug-likeness (QED) is 0.348. The molecular formula is C25H24N2O4S. The molecule has 1 aliphatic rings. The molecule has 4 rings (SSSR count). The molecule has 0 aliphatic carbocycles. The Morgan fingerprint density at radius 2 is 1.91 bits per heavy atom.